The predicted molar refractivity (Wildman–Crippen MR) is 102 cm³/mol. The Morgan fingerprint density at radius 2 is 2.25 bits per heavy atom. The summed E-state index contributed by atoms with van der Waals surface area (Å²) in [6.07, 6.45) is 9.93. The number of thiazole rings is 1. The van der Waals surface area contributed by atoms with Gasteiger partial charge in [0.1, 0.15) is 0 Å². The van der Waals surface area contributed by atoms with E-state index in [2.05, 4.69) is 16.9 Å². The summed E-state index contributed by atoms with van der Waals surface area (Å²) < 4.78 is 1.13. The van der Waals surface area contributed by atoms with Gasteiger partial charge in [-0.05, 0) is 69.1 Å². The molecule has 1 aliphatic rings. The molecule has 1 aromatic heterocycles. The van der Waals surface area contributed by atoms with Gasteiger partial charge in [-0.3, -0.25) is 4.79 Å². The molecule has 0 saturated heterocycles. The van der Waals surface area contributed by atoms with E-state index >= 15 is 0 Å². The van der Waals surface area contributed by atoms with E-state index in [1.807, 2.05) is 31.2 Å². The third kappa shape index (κ3) is 4.44. The van der Waals surface area contributed by atoms with Gasteiger partial charge in [-0.1, -0.05) is 12.5 Å². The van der Waals surface area contributed by atoms with Crippen LogP contribution in [0.2, 0.25) is 0 Å². The summed E-state index contributed by atoms with van der Waals surface area (Å²) in [7, 11) is 0. The second-order valence-electron chi connectivity index (χ2n) is 6.93. The second-order valence-corrected chi connectivity index (χ2v) is 8.16. The number of aryl methyl sites for hydroxylation is 1. The topological polar surface area (TPSA) is 42.0 Å². The number of nitrogens with one attached hydrogen (secondary N) is 1. The van der Waals surface area contributed by atoms with Crippen LogP contribution < -0.4 is 5.32 Å². The van der Waals surface area contributed by atoms with Crippen molar-refractivity contribution in [3.8, 4) is 0 Å². The molecule has 0 aliphatic heterocycles. The first kappa shape index (κ1) is 17.2. The van der Waals surface area contributed by atoms with Gasteiger partial charge >= 0.3 is 0 Å². The van der Waals surface area contributed by atoms with E-state index in [1.165, 1.54) is 25.7 Å². The number of aromatic nitrogens is 1. The number of nitrogens with zero attached hydrogens (tertiary/aromatic N) is 1. The van der Waals surface area contributed by atoms with Crippen LogP contribution in [0.25, 0.3) is 10.2 Å². The number of rotatable bonds is 7. The Morgan fingerprint density at radius 3 is 3.08 bits per heavy atom. The molecule has 24 heavy (non-hydrogen) atoms. The summed E-state index contributed by atoms with van der Waals surface area (Å²) in [6, 6.07) is 5.94. The zero-order chi connectivity index (χ0) is 16.9. The molecule has 1 heterocycles. The minimum atomic E-state index is 0.122. The number of fused-ring (bicyclic) bond motifs is 1. The molecule has 2 unspecified atom stereocenters. The fraction of sp³-hybridized carbons (Fsp3) is 0.500. The van der Waals surface area contributed by atoms with Crippen molar-refractivity contribution in [3.63, 3.8) is 0 Å². The summed E-state index contributed by atoms with van der Waals surface area (Å²) in [4.78, 5) is 16.6. The highest BCUT2D eigenvalue weighted by atomic mass is 32.1. The highest BCUT2D eigenvalue weighted by molar-refractivity contribution is 7.18. The van der Waals surface area contributed by atoms with E-state index in [9.17, 15) is 4.79 Å². The van der Waals surface area contributed by atoms with Gasteiger partial charge in [0.15, 0.2) is 0 Å². The molecule has 3 rings (SSSR count). The van der Waals surface area contributed by atoms with Crippen molar-refractivity contribution in [2.45, 2.75) is 51.9 Å². The third-order valence-corrected chi connectivity index (χ3v) is 5.88. The van der Waals surface area contributed by atoms with E-state index in [4.69, 9.17) is 0 Å². The second kappa shape index (κ2) is 7.93. The van der Waals surface area contributed by atoms with E-state index < -0.39 is 0 Å². The molecule has 0 spiro atoms. The largest absolute Gasteiger partial charge is 0.326 e. The number of carbonyl (C=O) groups excluding carboxylic acids is 1. The molecular weight excluding hydrogens is 316 g/mol. The summed E-state index contributed by atoms with van der Waals surface area (Å²) in [5, 5.41) is 4.08. The molecule has 128 valence electrons. The van der Waals surface area contributed by atoms with Crippen LogP contribution in [0.15, 0.2) is 30.9 Å². The van der Waals surface area contributed by atoms with E-state index in [-0.39, 0.29) is 5.91 Å². The van der Waals surface area contributed by atoms with Crippen LogP contribution in [0.4, 0.5) is 5.69 Å². The molecule has 3 nitrogen and oxygen atoms in total. The molecule has 4 heteroatoms. The fourth-order valence-corrected chi connectivity index (χ4v) is 4.65. The molecule has 1 aliphatic carbocycles. The normalized spacial score (nSPS) is 20.4. The van der Waals surface area contributed by atoms with Crippen LogP contribution in [-0.2, 0) is 4.79 Å². The average molecular weight is 343 g/mol. The van der Waals surface area contributed by atoms with Gasteiger partial charge < -0.3 is 5.32 Å². The van der Waals surface area contributed by atoms with Gasteiger partial charge in [0, 0.05) is 12.1 Å². The van der Waals surface area contributed by atoms with Crippen molar-refractivity contribution < 1.29 is 4.79 Å². The molecule has 0 bridgehead atoms. The lowest BCUT2D eigenvalue weighted by molar-refractivity contribution is -0.116. The summed E-state index contributed by atoms with van der Waals surface area (Å²) in [5.41, 5.74) is 1.88. The zero-order valence-electron chi connectivity index (χ0n) is 14.4. The lowest BCUT2D eigenvalue weighted by Gasteiger charge is -2.10. The highest BCUT2D eigenvalue weighted by Crippen LogP contribution is 2.36. The van der Waals surface area contributed by atoms with Crippen molar-refractivity contribution >= 4 is 33.1 Å². The maximum Gasteiger partial charge on any atom is 0.224 e. The molecule has 1 N–H and O–H groups in total. The highest BCUT2D eigenvalue weighted by Gasteiger charge is 2.23. The maximum absolute atomic E-state index is 12.2. The average Bonchev–Trinajstić information content (AvgIpc) is 3.13. The van der Waals surface area contributed by atoms with Gasteiger partial charge in [-0.2, -0.15) is 0 Å². The van der Waals surface area contributed by atoms with Crippen molar-refractivity contribution in [1.82, 2.24) is 4.98 Å². The molecule has 0 radical (unpaired) electrons. The summed E-state index contributed by atoms with van der Waals surface area (Å²) in [5.74, 6) is 1.76. The van der Waals surface area contributed by atoms with Crippen LogP contribution >= 0.6 is 11.3 Å². The number of anilines is 1. The van der Waals surface area contributed by atoms with E-state index in [0.29, 0.717) is 6.42 Å². The smallest absolute Gasteiger partial charge is 0.224 e. The monoisotopic (exact) mass is 342 g/mol. The van der Waals surface area contributed by atoms with Crippen molar-refractivity contribution in [3.05, 3.63) is 35.9 Å². The number of hydrogen-bond acceptors (Lipinski definition) is 3. The van der Waals surface area contributed by atoms with Crippen LogP contribution in [0.5, 0.6) is 0 Å². The maximum atomic E-state index is 12.2. The molecule has 1 aromatic carbocycles. The Kier molecular flexibility index (Phi) is 5.67. The first-order valence-corrected chi connectivity index (χ1v) is 9.73. The Bertz CT molecular complexity index is 721. The van der Waals surface area contributed by atoms with Gasteiger partial charge in [0.2, 0.25) is 5.91 Å². The van der Waals surface area contributed by atoms with Crippen LogP contribution in [0.3, 0.4) is 0 Å². The first-order chi connectivity index (χ1) is 11.6. The Balaban J connectivity index is 1.43. The predicted octanol–water partition coefficient (Wildman–Crippen LogP) is 5.71. The van der Waals surface area contributed by atoms with E-state index in [1.54, 1.807) is 11.3 Å². The van der Waals surface area contributed by atoms with E-state index in [0.717, 1.165) is 45.6 Å². The molecule has 2 atom stereocenters. The minimum Gasteiger partial charge on any atom is -0.326 e. The lowest BCUT2D eigenvalue weighted by Crippen LogP contribution is -2.11. The van der Waals surface area contributed by atoms with Crippen LogP contribution in [0, 0.1) is 18.8 Å². The summed E-state index contributed by atoms with van der Waals surface area (Å²) in [6.45, 7) is 5.84. The number of benzene rings is 1. The third-order valence-electron chi connectivity index (χ3n) is 4.95. The fourth-order valence-electron chi connectivity index (χ4n) is 3.78. The molecule has 2 aromatic rings. The van der Waals surface area contributed by atoms with Gasteiger partial charge in [-0.15, -0.1) is 17.9 Å². The van der Waals surface area contributed by atoms with Gasteiger partial charge in [0.25, 0.3) is 0 Å². The summed E-state index contributed by atoms with van der Waals surface area (Å²) >= 11 is 1.66. The first-order valence-electron chi connectivity index (χ1n) is 8.92. The van der Waals surface area contributed by atoms with Gasteiger partial charge in [0.05, 0.1) is 15.2 Å². The molecule has 1 amide bonds. The minimum absolute atomic E-state index is 0.122. The van der Waals surface area contributed by atoms with Crippen LogP contribution in [-0.4, -0.2) is 10.9 Å². The Hall–Kier alpha value is -1.68. The SMILES string of the molecule is C=CCC1CCC(CCCC(=O)Nc2ccc3nc(C)sc3c2)C1. The quantitative estimate of drug-likeness (QED) is 0.655. The lowest BCUT2D eigenvalue weighted by atomic mass is 9.97. The van der Waals surface area contributed by atoms with Crippen LogP contribution in [0.1, 0.15) is 50.0 Å². The number of carbonyl (C=O) groups is 1. The van der Waals surface area contributed by atoms with Crippen molar-refractivity contribution in [1.29, 1.82) is 0 Å². The standard InChI is InChI=1S/C20H26N2OS/c1-3-5-15-8-9-16(12-15)6-4-7-20(23)22-17-10-11-18-19(13-17)24-14(2)21-18/h3,10-11,13,15-16H,1,4-9,12H2,2H3,(H,22,23). The van der Waals surface area contributed by atoms with Gasteiger partial charge in [-0.25, -0.2) is 4.98 Å². The van der Waals surface area contributed by atoms with Crippen molar-refractivity contribution in [2.75, 3.05) is 5.32 Å². The Morgan fingerprint density at radius 1 is 1.42 bits per heavy atom. The zero-order valence-corrected chi connectivity index (χ0v) is 15.2. The molecular formula is C20H26N2OS. The Labute approximate surface area is 148 Å². The van der Waals surface area contributed by atoms with Crippen molar-refractivity contribution in [2.24, 2.45) is 11.8 Å². The molecule has 1 fully saturated rings. The number of hydrogen-bond donors (Lipinski definition) is 1. The number of amides is 1. The molecule has 1 saturated carbocycles. The number of allylic oxidation sites excluding steroid dienone is 1.